The van der Waals surface area contributed by atoms with Crippen molar-refractivity contribution in [3.8, 4) is 0 Å². The third kappa shape index (κ3) is 1.77. The molecule has 0 aromatic rings. The normalized spacial score (nSPS) is 48.1. The maximum Gasteiger partial charge on any atom is 0.0250 e. The lowest BCUT2D eigenvalue weighted by Crippen LogP contribution is -2.41. The van der Waals surface area contributed by atoms with Gasteiger partial charge in [-0.05, 0) is 62.9 Å². The fourth-order valence-corrected chi connectivity index (χ4v) is 4.75. The molecule has 2 heteroatoms. The van der Waals surface area contributed by atoms with Crippen LogP contribution in [0.2, 0.25) is 0 Å². The van der Waals surface area contributed by atoms with Crippen LogP contribution in [0.15, 0.2) is 12.2 Å². The summed E-state index contributed by atoms with van der Waals surface area (Å²) in [5.41, 5.74) is 0. The fourth-order valence-electron chi connectivity index (χ4n) is 4.75. The van der Waals surface area contributed by atoms with E-state index < -0.39 is 0 Å². The van der Waals surface area contributed by atoms with E-state index in [9.17, 15) is 0 Å². The molecular weight excluding hydrogens is 208 g/mol. The molecule has 2 nitrogen and oxygen atoms in total. The van der Waals surface area contributed by atoms with E-state index in [1.807, 2.05) is 0 Å². The van der Waals surface area contributed by atoms with Gasteiger partial charge in [0, 0.05) is 18.6 Å². The Morgan fingerprint density at radius 2 is 2.12 bits per heavy atom. The van der Waals surface area contributed by atoms with E-state index in [2.05, 4.69) is 22.4 Å². The van der Waals surface area contributed by atoms with E-state index in [0.717, 1.165) is 29.8 Å². The zero-order valence-electron chi connectivity index (χ0n) is 10.6. The Morgan fingerprint density at radius 1 is 1.12 bits per heavy atom. The van der Waals surface area contributed by atoms with Gasteiger partial charge in [0.1, 0.15) is 0 Å². The summed E-state index contributed by atoms with van der Waals surface area (Å²) in [5.74, 6) is 2.78. The van der Waals surface area contributed by atoms with Crippen molar-refractivity contribution in [2.75, 3.05) is 19.6 Å². The lowest BCUT2D eigenvalue weighted by molar-refractivity contribution is 0.288. The minimum atomic E-state index is 0.806. The third-order valence-electron chi connectivity index (χ3n) is 5.66. The SMILES string of the molecule is C1=CC2CC1CC2CNC1CCN2CCCC12. The maximum absolute atomic E-state index is 3.90. The van der Waals surface area contributed by atoms with E-state index >= 15 is 0 Å². The number of allylic oxidation sites excluding steroid dienone is 2. The highest BCUT2D eigenvalue weighted by Crippen LogP contribution is 2.43. The monoisotopic (exact) mass is 232 g/mol. The lowest BCUT2D eigenvalue weighted by atomic mass is 9.93. The second kappa shape index (κ2) is 4.10. The molecule has 2 saturated heterocycles. The van der Waals surface area contributed by atoms with Gasteiger partial charge in [-0.15, -0.1) is 0 Å². The maximum atomic E-state index is 3.90. The standard InChI is InChI=1S/C15H24N2/c1-2-15-14(5-7-17(15)6-1)16-10-13-9-11-3-4-12(13)8-11/h3-4,11-16H,1-2,5-10H2. The van der Waals surface area contributed by atoms with Gasteiger partial charge in [0.15, 0.2) is 0 Å². The highest BCUT2D eigenvalue weighted by Gasteiger charge is 2.39. The van der Waals surface area contributed by atoms with E-state index in [0.29, 0.717) is 0 Å². The summed E-state index contributed by atoms with van der Waals surface area (Å²) in [5, 5.41) is 3.90. The van der Waals surface area contributed by atoms with Crippen molar-refractivity contribution >= 4 is 0 Å². The van der Waals surface area contributed by atoms with E-state index in [-0.39, 0.29) is 0 Å². The summed E-state index contributed by atoms with van der Waals surface area (Å²) >= 11 is 0. The molecule has 0 aromatic carbocycles. The molecule has 2 bridgehead atoms. The predicted octanol–water partition coefficient (Wildman–Crippen LogP) is 2.02. The fraction of sp³-hybridized carbons (Fsp3) is 0.867. The minimum Gasteiger partial charge on any atom is -0.312 e. The van der Waals surface area contributed by atoms with Gasteiger partial charge in [0.2, 0.25) is 0 Å². The average molecular weight is 232 g/mol. The van der Waals surface area contributed by atoms with E-state index in [4.69, 9.17) is 0 Å². The second-order valence-electron chi connectivity index (χ2n) is 6.59. The van der Waals surface area contributed by atoms with Crippen LogP contribution >= 0.6 is 0 Å². The van der Waals surface area contributed by atoms with Gasteiger partial charge in [0.25, 0.3) is 0 Å². The zero-order valence-corrected chi connectivity index (χ0v) is 10.6. The number of nitrogens with one attached hydrogen (secondary N) is 1. The van der Waals surface area contributed by atoms with E-state index in [1.54, 1.807) is 0 Å². The van der Waals surface area contributed by atoms with Crippen molar-refractivity contribution in [2.24, 2.45) is 17.8 Å². The highest BCUT2D eigenvalue weighted by molar-refractivity contribution is 5.10. The molecule has 0 amide bonds. The van der Waals surface area contributed by atoms with Crippen molar-refractivity contribution in [3.05, 3.63) is 12.2 Å². The van der Waals surface area contributed by atoms with Gasteiger partial charge in [0.05, 0.1) is 0 Å². The molecule has 1 saturated carbocycles. The second-order valence-corrected chi connectivity index (χ2v) is 6.59. The van der Waals surface area contributed by atoms with Crippen molar-refractivity contribution in [3.63, 3.8) is 0 Å². The average Bonchev–Trinajstić information content (AvgIpc) is 3.07. The molecule has 2 aliphatic carbocycles. The van der Waals surface area contributed by atoms with Gasteiger partial charge in [-0.2, -0.15) is 0 Å². The first kappa shape index (κ1) is 10.6. The first-order valence-electron chi connectivity index (χ1n) is 7.56. The van der Waals surface area contributed by atoms with Gasteiger partial charge >= 0.3 is 0 Å². The van der Waals surface area contributed by atoms with Crippen molar-refractivity contribution in [1.82, 2.24) is 10.2 Å². The van der Waals surface area contributed by atoms with Crippen LogP contribution in [0.1, 0.15) is 32.1 Å². The molecule has 0 spiro atoms. The van der Waals surface area contributed by atoms with Crippen molar-refractivity contribution in [2.45, 2.75) is 44.2 Å². The van der Waals surface area contributed by atoms with Crippen LogP contribution in [0.25, 0.3) is 0 Å². The van der Waals surface area contributed by atoms with Crippen LogP contribution in [0.4, 0.5) is 0 Å². The molecule has 5 unspecified atom stereocenters. The molecule has 0 aromatic heterocycles. The number of nitrogens with zero attached hydrogens (tertiary/aromatic N) is 1. The molecule has 17 heavy (non-hydrogen) atoms. The first-order chi connectivity index (χ1) is 8.40. The number of fused-ring (bicyclic) bond motifs is 3. The molecule has 94 valence electrons. The highest BCUT2D eigenvalue weighted by atomic mass is 15.2. The Morgan fingerprint density at radius 3 is 2.94 bits per heavy atom. The van der Waals surface area contributed by atoms with Crippen LogP contribution in [0, 0.1) is 17.8 Å². The quantitative estimate of drug-likeness (QED) is 0.749. The van der Waals surface area contributed by atoms with Gasteiger partial charge < -0.3 is 5.32 Å². The van der Waals surface area contributed by atoms with Crippen molar-refractivity contribution in [1.29, 1.82) is 0 Å². The molecule has 4 aliphatic rings. The zero-order chi connectivity index (χ0) is 11.2. The Labute approximate surface area is 104 Å². The molecule has 2 heterocycles. The van der Waals surface area contributed by atoms with Crippen LogP contribution in [-0.4, -0.2) is 36.6 Å². The number of hydrogen-bond donors (Lipinski definition) is 1. The summed E-state index contributed by atoms with van der Waals surface area (Å²) in [7, 11) is 0. The van der Waals surface area contributed by atoms with Gasteiger partial charge in [-0.3, -0.25) is 4.90 Å². The number of hydrogen-bond acceptors (Lipinski definition) is 2. The van der Waals surface area contributed by atoms with Gasteiger partial charge in [-0.1, -0.05) is 12.2 Å². The summed E-state index contributed by atoms with van der Waals surface area (Å²) in [4.78, 5) is 2.71. The summed E-state index contributed by atoms with van der Waals surface area (Å²) < 4.78 is 0. The molecule has 4 rings (SSSR count). The largest absolute Gasteiger partial charge is 0.312 e. The molecular formula is C15H24N2. The van der Waals surface area contributed by atoms with E-state index in [1.165, 1.54) is 51.7 Å². The Kier molecular flexibility index (Phi) is 2.55. The van der Waals surface area contributed by atoms with Crippen LogP contribution in [-0.2, 0) is 0 Å². The van der Waals surface area contributed by atoms with Gasteiger partial charge in [-0.25, -0.2) is 0 Å². The topological polar surface area (TPSA) is 15.3 Å². The summed E-state index contributed by atoms with van der Waals surface area (Å²) in [6.45, 7) is 3.99. The third-order valence-corrected chi connectivity index (χ3v) is 5.66. The van der Waals surface area contributed by atoms with Crippen LogP contribution < -0.4 is 5.32 Å². The minimum absolute atomic E-state index is 0.806. The molecule has 0 radical (unpaired) electrons. The number of rotatable bonds is 3. The van der Waals surface area contributed by atoms with Crippen LogP contribution in [0.5, 0.6) is 0 Å². The molecule has 3 fully saturated rings. The Bertz CT molecular complexity index is 325. The Hall–Kier alpha value is -0.340. The Balaban J connectivity index is 1.32. The molecule has 5 atom stereocenters. The summed E-state index contributed by atoms with van der Waals surface area (Å²) in [6.07, 6.45) is 12.1. The summed E-state index contributed by atoms with van der Waals surface area (Å²) in [6, 6.07) is 1.68. The van der Waals surface area contributed by atoms with Crippen LogP contribution in [0.3, 0.4) is 0 Å². The molecule has 2 aliphatic heterocycles. The molecule has 1 N–H and O–H groups in total. The lowest BCUT2D eigenvalue weighted by Gasteiger charge is -2.25. The first-order valence-corrected chi connectivity index (χ1v) is 7.56. The predicted molar refractivity (Wildman–Crippen MR) is 69.8 cm³/mol. The smallest absolute Gasteiger partial charge is 0.0250 e. The van der Waals surface area contributed by atoms with Crippen molar-refractivity contribution < 1.29 is 0 Å².